The molecule has 0 aromatic heterocycles. The smallest absolute Gasteiger partial charge is 0.220 e. The fourth-order valence-electron chi connectivity index (χ4n) is 2.48. The minimum Gasteiger partial charge on any atom is -0.385 e. The number of methoxy groups -OCH3 is 2. The molecular formula is C13H21IO5. The van der Waals surface area contributed by atoms with Gasteiger partial charge in [0, 0.05) is 24.2 Å². The highest BCUT2D eigenvalue weighted by atomic mass is 127. The van der Waals surface area contributed by atoms with E-state index in [1.54, 1.807) is 35.0 Å². The monoisotopic (exact) mass is 384 g/mol. The number of ether oxygens (including phenoxy) is 4. The fourth-order valence-corrected chi connectivity index (χ4v) is 3.06. The van der Waals surface area contributed by atoms with Crippen LogP contribution in [0.15, 0.2) is 9.66 Å². The molecule has 0 radical (unpaired) electrons. The first-order chi connectivity index (χ1) is 8.67. The van der Waals surface area contributed by atoms with Gasteiger partial charge in [0.05, 0.1) is 11.7 Å². The molecule has 1 saturated heterocycles. The lowest BCUT2D eigenvalue weighted by Crippen LogP contribution is -2.66. The molecule has 2 aliphatic rings. The van der Waals surface area contributed by atoms with Gasteiger partial charge in [0.2, 0.25) is 11.6 Å². The lowest BCUT2D eigenvalue weighted by atomic mass is 9.87. The zero-order chi connectivity index (χ0) is 14.5. The Hall–Kier alpha value is 0.270. The summed E-state index contributed by atoms with van der Waals surface area (Å²) in [6.45, 7) is 5.35. The van der Waals surface area contributed by atoms with Crippen molar-refractivity contribution in [3.05, 3.63) is 9.66 Å². The van der Waals surface area contributed by atoms with Gasteiger partial charge >= 0.3 is 0 Å². The highest BCUT2D eigenvalue weighted by Crippen LogP contribution is 2.45. The van der Waals surface area contributed by atoms with Crippen molar-refractivity contribution in [2.45, 2.75) is 56.6 Å². The predicted octanol–water partition coefficient (Wildman–Crippen LogP) is 1.97. The van der Waals surface area contributed by atoms with Crippen LogP contribution in [0.1, 0.15) is 27.2 Å². The first-order valence-electron chi connectivity index (χ1n) is 6.23. The SMILES string of the molecule is CO[C@@]1(C)O[C@@H]2C=C(I)[C@@](C)(O)C[C@H]2O[C@]1(C)OC. The summed E-state index contributed by atoms with van der Waals surface area (Å²) in [7, 11) is 3.12. The molecule has 5 nitrogen and oxygen atoms in total. The molecule has 19 heavy (non-hydrogen) atoms. The third-order valence-corrected chi connectivity index (χ3v) is 5.65. The summed E-state index contributed by atoms with van der Waals surface area (Å²) in [6, 6.07) is 0. The van der Waals surface area contributed by atoms with E-state index in [1.165, 1.54) is 0 Å². The lowest BCUT2D eigenvalue weighted by Gasteiger charge is -2.53. The molecule has 0 amide bonds. The zero-order valence-corrected chi connectivity index (χ0v) is 14.1. The first-order valence-corrected chi connectivity index (χ1v) is 7.31. The van der Waals surface area contributed by atoms with Crippen LogP contribution in [-0.2, 0) is 18.9 Å². The van der Waals surface area contributed by atoms with E-state index in [2.05, 4.69) is 22.6 Å². The third kappa shape index (κ3) is 2.47. The van der Waals surface area contributed by atoms with Crippen LogP contribution >= 0.6 is 22.6 Å². The van der Waals surface area contributed by atoms with Crippen LogP contribution in [0.2, 0.25) is 0 Å². The van der Waals surface area contributed by atoms with Gasteiger partial charge in [-0.25, -0.2) is 0 Å². The standard InChI is InChI=1S/C13H21IO5/c1-11(15)7-9-8(6-10(11)14)18-12(2,16-4)13(3,17-5)19-9/h6,8-9,15H,7H2,1-5H3/t8-,9-,11+,12+,13+/m1/s1. The van der Waals surface area contributed by atoms with E-state index in [0.29, 0.717) is 6.42 Å². The van der Waals surface area contributed by atoms with Crippen LogP contribution in [0.5, 0.6) is 0 Å². The number of aliphatic hydroxyl groups is 1. The Balaban J connectivity index is 2.34. The fraction of sp³-hybridized carbons (Fsp3) is 0.846. The van der Waals surface area contributed by atoms with Crippen molar-refractivity contribution in [3.8, 4) is 0 Å². The van der Waals surface area contributed by atoms with Gasteiger partial charge in [-0.2, -0.15) is 0 Å². The number of fused-ring (bicyclic) bond motifs is 1. The third-order valence-electron chi connectivity index (χ3n) is 4.13. The van der Waals surface area contributed by atoms with Crippen molar-refractivity contribution < 1.29 is 24.1 Å². The van der Waals surface area contributed by atoms with Gasteiger partial charge in [0.1, 0.15) is 6.10 Å². The summed E-state index contributed by atoms with van der Waals surface area (Å²) in [5.41, 5.74) is -0.888. The van der Waals surface area contributed by atoms with Gasteiger partial charge in [-0.1, -0.05) is 0 Å². The Morgan fingerprint density at radius 2 is 1.74 bits per heavy atom. The molecule has 5 atom stereocenters. The molecule has 1 fully saturated rings. The largest absolute Gasteiger partial charge is 0.385 e. The van der Waals surface area contributed by atoms with E-state index < -0.39 is 17.2 Å². The Kier molecular flexibility index (Phi) is 4.06. The Labute approximate surface area is 127 Å². The van der Waals surface area contributed by atoms with Crippen molar-refractivity contribution in [2.24, 2.45) is 0 Å². The molecule has 1 aliphatic carbocycles. The van der Waals surface area contributed by atoms with E-state index in [4.69, 9.17) is 18.9 Å². The molecule has 1 aliphatic heterocycles. The second kappa shape index (κ2) is 4.92. The van der Waals surface area contributed by atoms with Crippen molar-refractivity contribution in [1.29, 1.82) is 0 Å². The molecule has 0 bridgehead atoms. The number of hydrogen-bond donors (Lipinski definition) is 1. The number of hydrogen-bond acceptors (Lipinski definition) is 5. The Morgan fingerprint density at radius 3 is 2.26 bits per heavy atom. The molecule has 0 aromatic carbocycles. The van der Waals surface area contributed by atoms with Gasteiger partial charge in [-0.15, -0.1) is 0 Å². The quantitative estimate of drug-likeness (QED) is 0.738. The summed E-state index contributed by atoms with van der Waals surface area (Å²) < 4.78 is 23.8. The summed E-state index contributed by atoms with van der Waals surface area (Å²) in [5, 5.41) is 10.3. The van der Waals surface area contributed by atoms with Gasteiger partial charge in [-0.3, -0.25) is 0 Å². The molecular weight excluding hydrogens is 363 g/mol. The van der Waals surface area contributed by atoms with Gasteiger partial charge < -0.3 is 24.1 Å². The van der Waals surface area contributed by atoms with Crippen LogP contribution in [0.25, 0.3) is 0 Å². The summed E-state index contributed by atoms with van der Waals surface area (Å²) >= 11 is 2.13. The van der Waals surface area contributed by atoms with Crippen molar-refractivity contribution in [2.75, 3.05) is 14.2 Å². The molecule has 6 heteroatoms. The number of halogens is 1. The lowest BCUT2D eigenvalue weighted by molar-refractivity contribution is -0.445. The van der Waals surface area contributed by atoms with E-state index in [1.807, 2.05) is 6.08 Å². The van der Waals surface area contributed by atoms with E-state index in [-0.39, 0.29) is 12.2 Å². The van der Waals surface area contributed by atoms with Crippen LogP contribution in [0.3, 0.4) is 0 Å². The maximum atomic E-state index is 10.3. The zero-order valence-electron chi connectivity index (χ0n) is 11.9. The first kappa shape index (κ1) is 15.7. The summed E-state index contributed by atoms with van der Waals surface area (Å²) in [5.74, 6) is -2.02. The molecule has 0 aromatic rings. The molecule has 0 saturated carbocycles. The van der Waals surface area contributed by atoms with Crippen molar-refractivity contribution in [1.82, 2.24) is 0 Å². The summed E-state index contributed by atoms with van der Waals surface area (Å²) in [4.78, 5) is 0. The van der Waals surface area contributed by atoms with Crippen molar-refractivity contribution in [3.63, 3.8) is 0 Å². The number of rotatable bonds is 2. The minimum absolute atomic E-state index is 0.250. The van der Waals surface area contributed by atoms with Crippen LogP contribution in [0, 0.1) is 0 Å². The molecule has 2 rings (SSSR count). The maximum Gasteiger partial charge on any atom is 0.220 e. The second-order valence-electron chi connectivity index (χ2n) is 5.53. The average molecular weight is 384 g/mol. The maximum absolute atomic E-state index is 10.3. The van der Waals surface area contributed by atoms with Gasteiger partial charge in [0.15, 0.2) is 0 Å². The van der Waals surface area contributed by atoms with Gasteiger partial charge in [0.25, 0.3) is 0 Å². The molecule has 110 valence electrons. The van der Waals surface area contributed by atoms with Crippen LogP contribution < -0.4 is 0 Å². The second-order valence-corrected chi connectivity index (χ2v) is 6.69. The topological polar surface area (TPSA) is 57.2 Å². The Morgan fingerprint density at radius 1 is 1.21 bits per heavy atom. The van der Waals surface area contributed by atoms with Crippen molar-refractivity contribution >= 4 is 22.6 Å². The minimum atomic E-state index is -1.02. The van der Waals surface area contributed by atoms with E-state index >= 15 is 0 Å². The highest BCUT2D eigenvalue weighted by Gasteiger charge is 2.58. The van der Waals surface area contributed by atoms with E-state index in [0.717, 1.165) is 3.58 Å². The van der Waals surface area contributed by atoms with Crippen LogP contribution in [0.4, 0.5) is 0 Å². The average Bonchev–Trinajstić information content (AvgIpc) is 2.33. The highest BCUT2D eigenvalue weighted by molar-refractivity contribution is 14.1. The normalized spacial score (nSPS) is 50.6. The molecule has 1 heterocycles. The summed E-state index contributed by atoms with van der Waals surface area (Å²) in [6.07, 6.45) is 1.84. The molecule has 0 spiro atoms. The van der Waals surface area contributed by atoms with Gasteiger partial charge in [-0.05, 0) is 49.4 Å². The van der Waals surface area contributed by atoms with Crippen LogP contribution in [-0.4, -0.2) is 48.7 Å². The molecule has 1 N–H and O–H groups in total. The Bertz CT molecular complexity index is 396. The van der Waals surface area contributed by atoms with E-state index in [9.17, 15) is 5.11 Å². The molecule has 0 unspecified atom stereocenters. The predicted molar refractivity (Wildman–Crippen MR) is 77.9 cm³/mol.